The van der Waals surface area contributed by atoms with Crippen molar-refractivity contribution in [1.29, 1.82) is 0 Å². The van der Waals surface area contributed by atoms with Crippen LogP contribution in [0.4, 0.5) is 0 Å². The Balaban J connectivity index is 3.85. The summed E-state index contributed by atoms with van der Waals surface area (Å²) in [4.78, 5) is 10.0. The molecule has 0 fully saturated rings. The van der Waals surface area contributed by atoms with E-state index in [-0.39, 0.29) is 5.92 Å². The summed E-state index contributed by atoms with van der Waals surface area (Å²) in [6.07, 6.45) is 2.76. The maximum atomic E-state index is 10.0. The van der Waals surface area contributed by atoms with E-state index in [1.807, 2.05) is 6.92 Å². The molecular weight excluding hydrogens is 144 g/mol. The Kier molecular flexibility index (Phi) is 4.54. The normalized spacial score (nSPS) is 16.6. The van der Waals surface area contributed by atoms with Crippen LogP contribution in [0.15, 0.2) is 12.2 Å². The molecule has 0 aliphatic carbocycles. The number of carboxylic acid groups (broad SMARTS) is 1. The largest absolute Gasteiger partial charge is 0.478 e. The quantitative estimate of drug-likeness (QED) is 0.601. The lowest BCUT2D eigenvalue weighted by Gasteiger charge is -2.11. The number of carbonyl (C=O) groups is 1. The molecule has 0 aromatic heterocycles. The van der Waals surface area contributed by atoms with Crippen molar-refractivity contribution in [2.75, 3.05) is 0 Å². The van der Waals surface area contributed by atoms with E-state index in [1.165, 1.54) is 6.08 Å². The van der Waals surface area contributed by atoms with Crippen molar-refractivity contribution >= 4 is 5.97 Å². The zero-order valence-corrected chi connectivity index (χ0v) is 6.82. The molecule has 2 atom stereocenters. The zero-order valence-electron chi connectivity index (χ0n) is 6.82. The van der Waals surface area contributed by atoms with E-state index in [2.05, 4.69) is 0 Å². The summed E-state index contributed by atoms with van der Waals surface area (Å²) in [5.41, 5.74) is 0. The molecule has 0 spiro atoms. The van der Waals surface area contributed by atoms with Crippen molar-refractivity contribution in [3.05, 3.63) is 12.2 Å². The first-order chi connectivity index (χ1) is 5.07. The van der Waals surface area contributed by atoms with Gasteiger partial charge < -0.3 is 10.2 Å². The van der Waals surface area contributed by atoms with E-state index in [1.54, 1.807) is 6.92 Å². The average molecular weight is 158 g/mol. The zero-order chi connectivity index (χ0) is 8.85. The van der Waals surface area contributed by atoms with E-state index in [4.69, 9.17) is 5.11 Å². The summed E-state index contributed by atoms with van der Waals surface area (Å²) in [6, 6.07) is 0. The summed E-state index contributed by atoms with van der Waals surface area (Å²) >= 11 is 0. The Labute approximate surface area is 66.4 Å². The van der Waals surface area contributed by atoms with Gasteiger partial charge in [0.15, 0.2) is 0 Å². The van der Waals surface area contributed by atoms with Gasteiger partial charge in [0.05, 0.1) is 6.10 Å². The third kappa shape index (κ3) is 4.56. The fourth-order valence-corrected chi connectivity index (χ4v) is 0.734. The van der Waals surface area contributed by atoms with Crippen LogP contribution in [0, 0.1) is 5.92 Å². The lowest BCUT2D eigenvalue weighted by Crippen LogP contribution is -2.14. The molecule has 0 rings (SSSR count). The molecule has 2 N–H and O–H groups in total. The summed E-state index contributed by atoms with van der Waals surface area (Å²) in [7, 11) is 0. The fourth-order valence-electron chi connectivity index (χ4n) is 0.734. The molecule has 3 heteroatoms. The Morgan fingerprint density at radius 3 is 2.55 bits per heavy atom. The second kappa shape index (κ2) is 4.91. The summed E-state index contributed by atoms with van der Waals surface area (Å²) in [5.74, 6) is -1.06. The molecule has 0 heterocycles. The molecule has 0 bridgehead atoms. The van der Waals surface area contributed by atoms with Crippen molar-refractivity contribution in [2.45, 2.75) is 26.4 Å². The van der Waals surface area contributed by atoms with Gasteiger partial charge in [0.25, 0.3) is 0 Å². The van der Waals surface area contributed by atoms with Crippen LogP contribution in [-0.4, -0.2) is 22.3 Å². The topological polar surface area (TPSA) is 57.5 Å². The Morgan fingerprint density at radius 2 is 2.18 bits per heavy atom. The summed E-state index contributed by atoms with van der Waals surface area (Å²) in [5, 5.41) is 17.4. The van der Waals surface area contributed by atoms with Gasteiger partial charge >= 0.3 is 5.97 Å². The number of hydrogen-bond acceptors (Lipinski definition) is 2. The van der Waals surface area contributed by atoms with Crippen LogP contribution in [0.3, 0.4) is 0 Å². The van der Waals surface area contributed by atoms with E-state index in [9.17, 15) is 9.90 Å². The molecule has 0 aromatic rings. The van der Waals surface area contributed by atoms with Crippen LogP contribution < -0.4 is 0 Å². The maximum absolute atomic E-state index is 10.0. The van der Waals surface area contributed by atoms with Crippen molar-refractivity contribution in [3.8, 4) is 0 Å². The fraction of sp³-hybridized carbons (Fsp3) is 0.625. The number of aliphatic carboxylic acids is 1. The van der Waals surface area contributed by atoms with Crippen LogP contribution in [0.1, 0.15) is 20.3 Å². The minimum atomic E-state index is -0.972. The third-order valence-electron chi connectivity index (χ3n) is 1.57. The van der Waals surface area contributed by atoms with Gasteiger partial charge in [0, 0.05) is 12.0 Å². The monoisotopic (exact) mass is 158 g/mol. The van der Waals surface area contributed by atoms with Gasteiger partial charge in [-0.3, -0.25) is 0 Å². The number of rotatable bonds is 4. The molecule has 11 heavy (non-hydrogen) atoms. The molecule has 0 unspecified atom stereocenters. The van der Waals surface area contributed by atoms with Gasteiger partial charge in [0.1, 0.15) is 0 Å². The van der Waals surface area contributed by atoms with Gasteiger partial charge in [-0.1, -0.05) is 19.9 Å². The highest BCUT2D eigenvalue weighted by Gasteiger charge is 2.07. The summed E-state index contributed by atoms with van der Waals surface area (Å²) in [6.45, 7) is 3.64. The predicted molar refractivity (Wildman–Crippen MR) is 42.2 cm³/mol. The first-order valence-electron chi connectivity index (χ1n) is 3.67. The van der Waals surface area contributed by atoms with Gasteiger partial charge in [0.2, 0.25) is 0 Å². The molecule has 0 saturated carbocycles. The number of carboxylic acids is 1. The van der Waals surface area contributed by atoms with Crippen molar-refractivity contribution < 1.29 is 15.0 Å². The molecular formula is C8H14O3. The average Bonchev–Trinajstić information content (AvgIpc) is 1.98. The highest BCUT2D eigenvalue weighted by molar-refractivity contribution is 5.79. The Morgan fingerprint density at radius 1 is 1.64 bits per heavy atom. The molecule has 0 radical (unpaired) electrons. The summed E-state index contributed by atoms with van der Waals surface area (Å²) < 4.78 is 0. The molecule has 0 saturated heterocycles. The minimum Gasteiger partial charge on any atom is -0.478 e. The van der Waals surface area contributed by atoms with Crippen molar-refractivity contribution in [3.63, 3.8) is 0 Å². The molecule has 0 aromatic carbocycles. The molecule has 0 aliphatic heterocycles. The second-order valence-electron chi connectivity index (χ2n) is 2.53. The third-order valence-corrected chi connectivity index (χ3v) is 1.57. The van der Waals surface area contributed by atoms with Gasteiger partial charge in [-0.05, 0) is 6.42 Å². The molecule has 0 amide bonds. The first-order valence-corrected chi connectivity index (χ1v) is 3.67. The number of aliphatic hydroxyl groups excluding tert-OH is 1. The predicted octanol–water partition coefficient (Wildman–Crippen LogP) is 1.03. The van der Waals surface area contributed by atoms with Crippen molar-refractivity contribution in [2.24, 2.45) is 5.92 Å². The van der Waals surface area contributed by atoms with Crippen molar-refractivity contribution in [1.82, 2.24) is 0 Å². The van der Waals surface area contributed by atoms with E-state index in [0.29, 0.717) is 6.42 Å². The minimum absolute atomic E-state index is 0.0869. The van der Waals surface area contributed by atoms with Crippen LogP contribution in [0.25, 0.3) is 0 Å². The van der Waals surface area contributed by atoms with Gasteiger partial charge in [-0.2, -0.15) is 0 Å². The second-order valence-corrected chi connectivity index (χ2v) is 2.53. The van der Waals surface area contributed by atoms with Gasteiger partial charge in [-0.15, -0.1) is 0 Å². The van der Waals surface area contributed by atoms with E-state index in [0.717, 1.165) is 6.08 Å². The van der Waals surface area contributed by atoms with Crippen LogP contribution >= 0.6 is 0 Å². The Bertz CT molecular complexity index is 151. The smallest absolute Gasteiger partial charge is 0.327 e. The molecule has 3 nitrogen and oxygen atoms in total. The van der Waals surface area contributed by atoms with E-state index >= 15 is 0 Å². The van der Waals surface area contributed by atoms with E-state index < -0.39 is 12.1 Å². The van der Waals surface area contributed by atoms with Crippen LogP contribution in [0.5, 0.6) is 0 Å². The molecule has 0 aliphatic rings. The lowest BCUT2D eigenvalue weighted by atomic mass is 10.0. The van der Waals surface area contributed by atoms with Crippen LogP contribution in [-0.2, 0) is 4.79 Å². The highest BCUT2D eigenvalue weighted by atomic mass is 16.4. The standard InChI is InChI=1S/C8H14O3/c1-3-7(9)6(2)4-5-8(10)11/h4-7,9H,3H2,1-2H3,(H,10,11)/t6-,7+/m0/s1. The van der Waals surface area contributed by atoms with Crippen LogP contribution in [0.2, 0.25) is 0 Å². The van der Waals surface area contributed by atoms with Gasteiger partial charge in [-0.25, -0.2) is 4.79 Å². The molecule has 64 valence electrons. The maximum Gasteiger partial charge on any atom is 0.327 e. The number of aliphatic hydroxyl groups is 1. The Hall–Kier alpha value is -0.830. The first kappa shape index (κ1) is 10.2. The SMILES string of the molecule is CC[C@@H](O)[C@@H](C)C=CC(=O)O. The lowest BCUT2D eigenvalue weighted by molar-refractivity contribution is -0.131. The highest BCUT2D eigenvalue weighted by Crippen LogP contribution is 2.07. The number of hydrogen-bond donors (Lipinski definition) is 2.